The van der Waals surface area contributed by atoms with E-state index < -0.39 is 0 Å². The van der Waals surface area contributed by atoms with Crippen LogP contribution in [0.4, 0.5) is 0 Å². The molecule has 0 saturated carbocycles. The van der Waals surface area contributed by atoms with Crippen LogP contribution in [0.2, 0.25) is 0 Å². The van der Waals surface area contributed by atoms with E-state index in [9.17, 15) is 0 Å². The van der Waals surface area contributed by atoms with Gasteiger partial charge in [-0.25, -0.2) is 0 Å². The molecule has 0 aromatic rings. The van der Waals surface area contributed by atoms with E-state index in [0.29, 0.717) is 0 Å². The lowest BCUT2D eigenvalue weighted by Crippen LogP contribution is -2.18. The third-order valence-electron chi connectivity index (χ3n) is 2.76. The molecule has 12 heavy (non-hydrogen) atoms. The second kappa shape index (κ2) is 3.34. The molecule has 1 aliphatic carbocycles. The molecule has 0 atom stereocenters. The van der Waals surface area contributed by atoms with E-state index >= 15 is 0 Å². The summed E-state index contributed by atoms with van der Waals surface area (Å²) < 4.78 is 0. The van der Waals surface area contributed by atoms with Crippen LogP contribution in [-0.2, 0) is 0 Å². The predicted octanol–water partition coefficient (Wildman–Crippen LogP) is 2.71. The molecule has 0 bridgehead atoms. The third kappa shape index (κ3) is 1.55. The van der Waals surface area contributed by atoms with Gasteiger partial charge in [-0.05, 0) is 38.7 Å². The summed E-state index contributed by atoms with van der Waals surface area (Å²) in [5, 5.41) is 0. The minimum Gasteiger partial charge on any atom is -0.372 e. The van der Waals surface area contributed by atoms with Crippen LogP contribution in [0.5, 0.6) is 0 Å². The summed E-state index contributed by atoms with van der Waals surface area (Å²) in [7, 11) is 0. The molecule has 0 unspecified atom stereocenters. The first-order chi connectivity index (χ1) is 5.86. The number of hydrogen-bond donors (Lipinski definition) is 0. The molecular weight excluding hydrogens is 146 g/mol. The van der Waals surface area contributed by atoms with E-state index in [1.807, 2.05) is 0 Å². The average molecular weight is 163 g/mol. The first-order valence-corrected chi connectivity index (χ1v) is 4.98. The Hall–Kier alpha value is -0.720. The Labute approximate surface area is 74.8 Å². The van der Waals surface area contributed by atoms with Crippen molar-refractivity contribution < 1.29 is 0 Å². The van der Waals surface area contributed by atoms with Crippen LogP contribution < -0.4 is 0 Å². The largest absolute Gasteiger partial charge is 0.372 e. The van der Waals surface area contributed by atoms with Gasteiger partial charge in [-0.2, -0.15) is 0 Å². The zero-order valence-corrected chi connectivity index (χ0v) is 7.84. The maximum Gasteiger partial charge on any atom is 0.0325 e. The second-order valence-electron chi connectivity index (χ2n) is 3.85. The SMILES string of the molecule is CC1=CC(N2CCCC2)=CCC1. The fourth-order valence-corrected chi connectivity index (χ4v) is 2.03. The molecular formula is C11H17N. The van der Waals surface area contributed by atoms with Gasteiger partial charge in [0.25, 0.3) is 0 Å². The summed E-state index contributed by atoms with van der Waals surface area (Å²) in [6.45, 7) is 4.79. The predicted molar refractivity (Wildman–Crippen MR) is 51.9 cm³/mol. The number of hydrogen-bond acceptors (Lipinski definition) is 1. The maximum atomic E-state index is 2.52. The molecule has 0 aromatic carbocycles. The summed E-state index contributed by atoms with van der Waals surface area (Å²) in [5.74, 6) is 0. The minimum atomic E-state index is 1.24. The van der Waals surface area contributed by atoms with Gasteiger partial charge in [0.15, 0.2) is 0 Å². The van der Waals surface area contributed by atoms with Crippen LogP contribution in [0.15, 0.2) is 23.4 Å². The smallest absolute Gasteiger partial charge is 0.0325 e. The quantitative estimate of drug-likeness (QED) is 0.574. The Bertz CT molecular complexity index is 219. The number of nitrogens with zero attached hydrogens (tertiary/aromatic N) is 1. The van der Waals surface area contributed by atoms with Gasteiger partial charge in [-0.15, -0.1) is 0 Å². The molecule has 2 rings (SSSR count). The van der Waals surface area contributed by atoms with Crippen molar-refractivity contribution in [2.24, 2.45) is 0 Å². The Balaban J connectivity index is 2.07. The van der Waals surface area contributed by atoms with Gasteiger partial charge in [0.1, 0.15) is 0 Å². The van der Waals surface area contributed by atoms with Crippen molar-refractivity contribution in [3.8, 4) is 0 Å². The van der Waals surface area contributed by atoms with E-state index in [1.165, 1.54) is 44.5 Å². The summed E-state index contributed by atoms with van der Waals surface area (Å²) in [5.41, 5.74) is 3.02. The van der Waals surface area contributed by atoms with Crippen molar-refractivity contribution in [3.63, 3.8) is 0 Å². The van der Waals surface area contributed by atoms with E-state index in [-0.39, 0.29) is 0 Å². The molecule has 0 spiro atoms. The highest BCUT2D eigenvalue weighted by atomic mass is 15.1. The minimum absolute atomic E-state index is 1.24. The molecule has 0 radical (unpaired) electrons. The van der Waals surface area contributed by atoms with E-state index in [1.54, 1.807) is 5.57 Å². The van der Waals surface area contributed by atoms with Crippen LogP contribution in [0.25, 0.3) is 0 Å². The molecule has 2 aliphatic rings. The molecule has 0 amide bonds. The topological polar surface area (TPSA) is 3.24 Å². The highest BCUT2D eigenvalue weighted by molar-refractivity contribution is 5.26. The summed E-state index contributed by atoms with van der Waals surface area (Å²) in [4.78, 5) is 2.52. The molecule has 0 aromatic heterocycles. The summed E-state index contributed by atoms with van der Waals surface area (Å²) in [6, 6.07) is 0. The number of allylic oxidation sites excluding steroid dienone is 3. The van der Waals surface area contributed by atoms with Crippen molar-refractivity contribution in [3.05, 3.63) is 23.4 Å². The van der Waals surface area contributed by atoms with Gasteiger partial charge in [-0.3, -0.25) is 0 Å². The van der Waals surface area contributed by atoms with Gasteiger partial charge >= 0.3 is 0 Å². The van der Waals surface area contributed by atoms with Crippen LogP contribution in [0.3, 0.4) is 0 Å². The molecule has 1 aliphatic heterocycles. The Morgan fingerprint density at radius 2 is 2.00 bits per heavy atom. The third-order valence-corrected chi connectivity index (χ3v) is 2.76. The van der Waals surface area contributed by atoms with Crippen LogP contribution >= 0.6 is 0 Å². The molecule has 1 heteroatoms. The maximum absolute atomic E-state index is 2.52. The fraction of sp³-hybridized carbons (Fsp3) is 0.636. The molecule has 0 N–H and O–H groups in total. The molecule has 1 fully saturated rings. The fourth-order valence-electron chi connectivity index (χ4n) is 2.03. The zero-order chi connectivity index (χ0) is 8.39. The standard InChI is InChI=1S/C11H17N/c1-10-5-4-6-11(9-10)12-7-2-3-8-12/h6,9H,2-5,7-8H2,1H3. The van der Waals surface area contributed by atoms with Gasteiger partial charge in [0, 0.05) is 18.8 Å². The molecule has 1 nitrogen and oxygen atoms in total. The average Bonchev–Trinajstić information content (AvgIpc) is 2.56. The first-order valence-electron chi connectivity index (χ1n) is 4.98. The van der Waals surface area contributed by atoms with Crippen molar-refractivity contribution in [1.82, 2.24) is 4.90 Å². The molecule has 66 valence electrons. The van der Waals surface area contributed by atoms with Crippen LogP contribution in [0.1, 0.15) is 32.6 Å². The van der Waals surface area contributed by atoms with Crippen molar-refractivity contribution in [2.45, 2.75) is 32.6 Å². The second-order valence-corrected chi connectivity index (χ2v) is 3.85. The number of likely N-dealkylation sites (tertiary alicyclic amines) is 1. The first kappa shape index (κ1) is 7.90. The Morgan fingerprint density at radius 3 is 2.67 bits per heavy atom. The lowest BCUT2D eigenvalue weighted by atomic mass is 10.0. The van der Waals surface area contributed by atoms with Gasteiger partial charge in [0.2, 0.25) is 0 Å². The van der Waals surface area contributed by atoms with Gasteiger partial charge < -0.3 is 4.90 Å². The summed E-state index contributed by atoms with van der Waals surface area (Å²) in [6.07, 6.45) is 10.0. The van der Waals surface area contributed by atoms with Crippen molar-refractivity contribution in [2.75, 3.05) is 13.1 Å². The number of rotatable bonds is 1. The monoisotopic (exact) mass is 163 g/mol. The van der Waals surface area contributed by atoms with E-state index in [0.717, 1.165) is 0 Å². The zero-order valence-electron chi connectivity index (χ0n) is 7.84. The lowest BCUT2D eigenvalue weighted by Gasteiger charge is -2.22. The van der Waals surface area contributed by atoms with Gasteiger partial charge in [-0.1, -0.05) is 11.6 Å². The van der Waals surface area contributed by atoms with Gasteiger partial charge in [0.05, 0.1) is 0 Å². The molecule has 1 heterocycles. The normalized spacial score (nSPS) is 23.9. The van der Waals surface area contributed by atoms with Crippen LogP contribution in [0, 0.1) is 0 Å². The Morgan fingerprint density at radius 1 is 1.25 bits per heavy atom. The highest BCUT2D eigenvalue weighted by Gasteiger charge is 2.14. The van der Waals surface area contributed by atoms with Crippen molar-refractivity contribution >= 4 is 0 Å². The highest BCUT2D eigenvalue weighted by Crippen LogP contribution is 2.22. The van der Waals surface area contributed by atoms with E-state index in [2.05, 4.69) is 24.0 Å². The van der Waals surface area contributed by atoms with E-state index in [4.69, 9.17) is 0 Å². The lowest BCUT2D eigenvalue weighted by molar-refractivity contribution is 0.435. The van der Waals surface area contributed by atoms with Crippen LogP contribution in [-0.4, -0.2) is 18.0 Å². The van der Waals surface area contributed by atoms with Crippen molar-refractivity contribution in [1.29, 1.82) is 0 Å². The summed E-state index contributed by atoms with van der Waals surface area (Å²) >= 11 is 0. The Kier molecular flexibility index (Phi) is 2.20. The molecule has 1 saturated heterocycles.